The Balaban J connectivity index is 2.33. The summed E-state index contributed by atoms with van der Waals surface area (Å²) in [6.07, 6.45) is 0.566. The van der Waals surface area contributed by atoms with E-state index in [-0.39, 0.29) is 11.9 Å². The summed E-state index contributed by atoms with van der Waals surface area (Å²) in [6, 6.07) is 7.13. The van der Waals surface area contributed by atoms with Crippen molar-refractivity contribution in [2.45, 2.75) is 33.2 Å². The summed E-state index contributed by atoms with van der Waals surface area (Å²) in [5.41, 5.74) is 1.83. The first-order valence-electron chi connectivity index (χ1n) is 6.76. The SMILES string of the molecule is CCNC(Cc1c(F)cccc1Cl)c1cc(C)sc1C. The summed E-state index contributed by atoms with van der Waals surface area (Å²) >= 11 is 7.92. The predicted octanol–water partition coefficient (Wildman–Crippen LogP) is 5.05. The minimum atomic E-state index is -0.231. The van der Waals surface area contributed by atoms with Gasteiger partial charge in [-0.3, -0.25) is 0 Å². The lowest BCUT2D eigenvalue weighted by molar-refractivity contribution is 0.527. The summed E-state index contributed by atoms with van der Waals surface area (Å²) in [6.45, 7) is 7.11. The maximum Gasteiger partial charge on any atom is 0.127 e. The lowest BCUT2D eigenvalue weighted by atomic mass is 9.98. The Morgan fingerprint density at radius 3 is 2.65 bits per heavy atom. The van der Waals surface area contributed by atoms with Gasteiger partial charge in [-0.05, 0) is 50.6 Å². The van der Waals surface area contributed by atoms with Crippen molar-refractivity contribution in [3.8, 4) is 0 Å². The fourth-order valence-electron chi connectivity index (χ4n) is 2.47. The van der Waals surface area contributed by atoms with Gasteiger partial charge in [0, 0.05) is 26.4 Å². The Morgan fingerprint density at radius 1 is 1.35 bits per heavy atom. The minimum Gasteiger partial charge on any atom is -0.310 e. The highest BCUT2D eigenvalue weighted by Crippen LogP contribution is 2.31. The van der Waals surface area contributed by atoms with Crippen LogP contribution in [0.1, 0.15) is 33.8 Å². The van der Waals surface area contributed by atoms with Gasteiger partial charge >= 0.3 is 0 Å². The number of rotatable bonds is 5. The van der Waals surface area contributed by atoms with Gasteiger partial charge in [0.1, 0.15) is 5.82 Å². The highest BCUT2D eigenvalue weighted by Gasteiger charge is 2.19. The first-order chi connectivity index (χ1) is 9.52. The highest BCUT2D eigenvalue weighted by molar-refractivity contribution is 7.12. The second kappa shape index (κ2) is 6.70. The van der Waals surface area contributed by atoms with E-state index in [4.69, 9.17) is 11.6 Å². The Hall–Kier alpha value is -0.900. The second-order valence-electron chi connectivity index (χ2n) is 4.88. The zero-order valence-electron chi connectivity index (χ0n) is 12.0. The number of hydrogen-bond donors (Lipinski definition) is 1. The first-order valence-corrected chi connectivity index (χ1v) is 7.95. The maximum atomic E-state index is 14.0. The van der Waals surface area contributed by atoms with Crippen LogP contribution < -0.4 is 5.32 Å². The van der Waals surface area contributed by atoms with Gasteiger partial charge in [-0.2, -0.15) is 0 Å². The fraction of sp³-hybridized carbons (Fsp3) is 0.375. The lowest BCUT2D eigenvalue weighted by Gasteiger charge is -2.19. The number of halogens is 2. The largest absolute Gasteiger partial charge is 0.310 e. The van der Waals surface area contributed by atoms with Crippen LogP contribution in [-0.2, 0) is 6.42 Å². The molecule has 1 N–H and O–H groups in total. The molecule has 0 radical (unpaired) electrons. The average molecular weight is 312 g/mol. The third kappa shape index (κ3) is 3.40. The van der Waals surface area contributed by atoms with Crippen molar-refractivity contribution >= 4 is 22.9 Å². The Kier molecular flexibility index (Phi) is 5.19. The molecule has 0 amide bonds. The molecule has 4 heteroatoms. The van der Waals surface area contributed by atoms with E-state index in [1.807, 2.05) is 0 Å². The Bertz CT molecular complexity index is 574. The third-order valence-electron chi connectivity index (χ3n) is 3.38. The van der Waals surface area contributed by atoms with Crippen molar-refractivity contribution in [3.05, 3.63) is 56.0 Å². The summed E-state index contributed by atoms with van der Waals surface area (Å²) in [5, 5.41) is 3.94. The second-order valence-corrected chi connectivity index (χ2v) is 6.75. The van der Waals surface area contributed by atoms with E-state index in [0.717, 1.165) is 6.54 Å². The van der Waals surface area contributed by atoms with E-state index in [0.29, 0.717) is 17.0 Å². The molecule has 0 saturated carbocycles. The van der Waals surface area contributed by atoms with Crippen LogP contribution in [0.3, 0.4) is 0 Å². The monoisotopic (exact) mass is 311 g/mol. The molecule has 0 saturated heterocycles. The van der Waals surface area contributed by atoms with Gasteiger partial charge in [-0.1, -0.05) is 24.6 Å². The van der Waals surface area contributed by atoms with Gasteiger partial charge < -0.3 is 5.32 Å². The summed E-state index contributed by atoms with van der Waals surface area (Å²) in [7, 11) is 0. The number of thiophene rings is 1. The third-order valence-corrected chi connectivity index (χ3v) is 4.71. The van der Waals surface area contributed by atoms with Crippen LogP contribution in [0.4, 0.5) is 4.39 Å². The van der Waals surface area contributed by atoms with Crippen molar-refractivity contribution in [1.29, 1.82) is 0 Å². The van der Waals surface area contributed by atoms with Gasteiger partial charge in [0.15, 0.2) is 0 Å². The molecular formula is C16H19ClFNS. The molecule has 1 aromatic heterocycles. The zero-order chi connectivity index (χ0) is 14.7. The quantitative estimate of drug-likeness (QED) is 0.814. The van der Waals surface area contributed by atoms with Crippen LogP contribution >= 0.6 is 22.9 Å². The van der Waals surface area contributed by atoms with E-state index in [1.54, 1.807) is 23.5 Å². The highest BCUT2D eigenvalue weighted by atomic mass is 35.5. The van der Waals surface area contributed by atoms with Gasteiger partial charge in [0.05, 0.1) is 0 Å². The van der Waals surface area contributed by atoms with E-state index < -0.39 is 0 Å². The predicted molar refractivity (Wildman–Crippen MR) is 85.3 cm³/mol. The molecule has 1 nitrogen and oxygen atoms in total. The van der Waals surface area contributed by atoms with Gasteiger partial charge in [-0.15, -0.1) is 11.3 Å². The summed E-state index contributed by atoms with van der Waals surface area (Å²) in [4.78, 5) is 2.56. The van der Waals surface area contributed by atoms with E-state index in [9.17, 15) is 4.39 Å². The van der Waals surface area contributed by atoms with Gasteiger partial charge in [0.25, 0.3) is 0 Å². The molecule has 0 aliphatic carbocycles. The molecule has 1 atom stereocenters. The Morgan fingerprint density at radius 2 is 2.10 bits per heavy atom. The first kappa shape index (κ1) is 15.5. The van der Waals surface area contributed by atoms with Crippen LogP contribution in [0.15, 0.2) is 24.3 Å². The number of likely N-dealkylation sites (N-methyl/N-ethyl adjacent to an activating group) is 1. The number of hydrogen-bond acceptors (Lipinski definition) is 2. The maximum absolute atomic E-state index is 14.0. The van der Waals surface area contributed by atoms with Crippen molar-refractivity contribution in [1.82, 2.24) is 5.32 Å². The van der Waals surface area contributed by atoms with E-state index in [1.165, 1.54) is 21.4 Å². The topological polar surface area (TPSA) is 12.0 Å². The minimum absolute atomic E-state index is 0.0966. The Labute approximate surface area is 128 Å². The number of benzene rings is 1. The molecule has 1 heterocycles. The van der Waals surface area contributed by atoms with Crippen molar-refractivity contribution in [2.75, 3.05) is 6.54 Å². The molecule has 0 aliphatic heterocycles. The molecule has 0 spiro atoms. The number of nitrogens with one attached hydrogen (secondary N) is 1. The van der Waals surface area contributed by atoms with Crippen LogP contribution in [0.25, 0.3) is 0 Å². The molecule has 1 unspecified atom stereocenters. The standard InChI is InChI=1S/C16H19ClFNS/c1-4-19-16(12-8-10(2)20-11(12)3)9-13-14(17)6-5-7-15(13)18/h5-8,16,19H,4,9H2,1-3H3. The molecular weight excluding hydrogens is 293 g/mol. The zero-order valence-corrected chi connectivity index (χ0v) is 13.5. The van der Waals surface area contributed by atoms with Crippen LogP contribution in [0.2, 0.25) is 5.02 Å². The molecule has 2 aromatic rings. The van der Waals surface area contributed by atoms with Crippen molar-refractivity contribution in [3.63, 3.8) is 0 Å². The molecule has 0 fully saturated rings. The van der Waals surface area contributed by atoms with E-state index in [2.05, 4.69) is 32.2 Å². The molecule has 20 heavy (non-hydrogen) atoms. The lowest BCUT2D eigenvalue weighted by Crippen LogP contribution is -2.23. The average Bonchev–Trinajstić information content (AvgIpc) is 2.72. The van der Waals surface area contributed by atoms with Gasteiger partial charge in [-0.25, -0.2) is 4.39 Å². The fourth-order valence-corrected chi connectivity index (χ4v) is 3.69. The molecule has 108 valence electrons. The molecule has 1 aromatic carbocycles. The van der Waals surface area contributed by atoms with Crippen LogP contribution in [-0.4, -0.2) is 6.54 Å². The summed E-state index contributed by atoms with van der Waals surface area (Å²) < 4.78 is 14.0. The van der Waals surface area contributed by atoms with Gasteiger partial charge in [0.2, 0.25) is 0 Å². The normalized spacial score (nSPS) is 12.7. The smallest absolute Gasteiger partial charge is 0.127 e. The van der Waals surface area contributed by atoms with Crippen molar-refractivity contribution < 1.29 is 4.39 Å². The van der Waals surface area contributed by atoms with Crippen molar-refractivity contribution in [2.24, 2.45) is 0 Å². The van der Waals surface area contributed by atoms with E-state index >= 15 is 0 Å². The molecule has 0 bridgehead atoms. The molecule has 0 aliphatic rings. The van der Waals surface area contributed by atoms with Crippen LogP contribution in [0.5, 0.6) is 0 Å². The number of aryl methyl sites for hydroxylation is 2. The molecule has 2 rings (SSSR count). The van der Waals surface area contributed by atoms with Crippen LogP contribution in [0, 0.1) is 19.7 Å². The summed E-state index contributed by atoms with van der Waals surface area (Å²) in [5.74, 6) is -0.231.